The summed E-state index contributed by atoms with van der Waals surface area (Å²) in [6.07, 6.45) is 1.58. The van der Waals surface area contributed by atoms with Crippen molar-refractivity contribution in [3.8, 4) is 22.8 Å². The first-order chi connectivity index (χ1) is 12.1. The van der Waals surface area contributed by atoms with Crippen LogP contribution in [0.4, 0.5) is 5.13 Å². The van der Waals surface area contributed by atoms with Crippen LogP contribution in [-0.4, -0.2) is 30.1 Å². The van der Waals surface area contributed by atoms with E-state index in [9.17, 15) is 4.79 Å². The van der Waals surface area contributed by atoms with Crippen molar-refractivity contribution in [2.24, 2.45) is 0 Å². The van der Waals surface area contributed by atoms with Gasteiger partial charge in [-0.3, -0.25) is 15.1 Å². The van der Waals surface area contributed by atoms with Crippen molar-refractivity contribution in [3.63, 3.8) is 0 Å². The third kappa shape index (κ3) is 3.61. The predicted octanol–water partition coefficient (Wildman–Crippen LogP) is 3.78. The Morgan fingerprint density at radius 1 is 1.16 bits per heavy atom. The lowest BCUT2D eigenvalue weighted by molar-refractivity contribution is 0.102. The van der Waals surface area contributed by atoms with Crippen LogP contribution < -0.4 is 14.8 Å². The minimum Gasteiger partial charge on any atom is -0.497 e. The van der Waals surface area contributed by atoms with Crippen LogP contribution in [0.2, 0.25) is 0 Å². The quantitative estimate of drug-likeness (QED) is 0.754. The second-order valence-electron chi connectivity index (χ2n) is 5.16. The second kappa shape index (κ2) is 7.31. The van der Waals surface area contributed by atoms with Crippen molar-refractivity contribution in [2.45, 2.75) is 6.92 Å². The van der Waals surface area contributed by atoms with Crippen molar-refractivity contribution in [3.05, 3.63) is 53.2 Å². The van der Waals surface area contributed by atoms with Gasteiger partial charge in [-0.05, 0) is 37.3 Å². The number of carbonyl (C=O) groups excluding carboxylic acids is 1. The normalized spacial score (nSPS) is 10.4. The van der Waals surface area contributed by atoms with Gasteiger partial charge < -0.3 is 9.47 Å². The molecule has 2 aromatic heterocycles. The predicted molar refractivity (Wildman–Crippen MR) is 97.6 cm³/mol. The van der Waals surface area contributed by atoms with Gasteiger partial charge in [-0.25, -0.2) is 4.98 Å². The molecule has 0 spiro atoms. The average molecular weight is 355 g/mol. The minimum absolute atomic E-state index is 0.293. The summed E-state index contributed by atoms with van der Waals surface area (Å²) in [5.74, 6) is 1.11. The van der Waals surface area contributed by atoms with Gasteiger partial charge in [0.05, 0.1) is 19.9 Å². The van der Waals surface area contributed by atoms with Gasteiger partial charge in [0.25, 0.3) is 5.91 Å². The number of methoxy groups -OCH3 is 2. The van der Waals surface area contributed by atoms with Crippen LogP contribution in [0.5, 0.6) is 11.5 Å². The van der Waals surface area contributed by atoms with Crippen molar-refractivity contribution in [1.82, 2.24) is 9.97 Å². The highest BCUT2D eigenvalue weighted by molar-refractivity contribution is 7.16. The Kier molecular flexibility index (Phi) is 4.95. The van der Waals surface area contributed by atoms with Gasteiger partial charge >= 0.3 is 0 Å². The lowest BCUT2D eigenvalue weighted by Crippen LogP contribution is -2.13. The zero-order valence-electron chi connectivity index (χ0n) is 14.1. The maximum atomic E-state index is 12.2. The monoisotopic (exact) mass is 355 g/mol. The first-order valence-electron chi connectivity index (χ1n) is 7.54. The summed E-state index contributed by atoms with van der Waals surface area (Å²) in [6, 6.07) is 10.7. The van der Waals surface area contributed by atoms with Crippen LogP contribution in [0.3, 0.4) is 0 Å². The molecule has 0 saturated carbocycles. The second-order valence-corrected chi connectivity index (χ2v) is 6.36. The zero-order valence-corrected chi connectivity index (χ0v) is 14.9. The number of aryl methyl sites for hydroxylation is 1. The summed E-state index contributed by atoms with van der Waals surface area (Å²) in [5, 5.41) is 3.30. The summed E-state index contributed by atoms with van der Waals surface area (Å²) in [5.41, 5.74) is 1.90. The number of pyridine rings is 1. The highest BCUT2D eigenvalue weighted by atomic mass is 32.1. The van der Waals surface area contributed by atoms with Crippen molar-refractivity contribution >= 4 is 22.4 Å². The van der Waals surface area contributed by atoms with E-state index in [1.54, 1.807) is 38.6 Å². The Morgan fingerprint density at radius 2 is 2.00 bits per heavy atom. The molecule has 1 N–H and O–H groups in total. The van der Waals surface area contributed by atoms with Gasteiger partial charge in [-0.15, -0.1) is 11.3 Å². The standard InChI is InChI=1S/C18H17N3O3S/c1-11-16(13-10-12(23-2)7-8-15(13)24-3)20-18(25-11)21-17(22)14-6-4-5-9-19-14/h4-10H,1-3H3,(H,20,21,22). The third-order valence-electron chi connectivity index (χ3n) is 3.58. The van der Waals surface area contributed by atoms with E-state index in [1.807, 2.05) is 25.1 Å². The van der Waals surface area contributed by atoms with E-state index in [-0.39, 0.29) is 5.91 Å². The van der Waals surface area contributed by atoms with E-state index in [4.69, 9.17) is 9.47 Å². The van der Waals surface area contributed by atoms with E-state index in [0.717, 1.165) is 16.1 Å². The average Bonchev–Trinajstić information content (AvgIpc) is 3.01. The molecule has 2 heterocycles. The highest BCUT2D eigenvalue weighted by Crippen LogP contribution is 2.38. The molecule has 0 radical (unpaired) electrons. The Balaban J connectivity index is 1.92. The fraction of sp³-hybridized carbons (Fsp3) is 0.167. The number of hydrogen-bond donors (Lipinski definition) is 1. The Morgan fingerprint density at radius 3 is 2.68 bits per heavy atom. The molecule has 0 fully saturated rings. The molecule has 0 bridgehead atoms. The van der Waals surface area contributed by atoms with Crippen LogP contribution >= 0.6 is 11.3 Å². The van der Waals surface area contributed by atoms with E-state index >= 15 is 0 Å². The molecule has 1 amide bonds. The topological polar surface area (TPSA) is 73.3 Å². The van der Waals surface area contributed by atoms with Gasteiger partial charge in [-0.1, -0.05) is 6.07 Å². The minimum atomic E-state index is -0.293. The molecular formula is C18H17N3O3S. The lowest BCUT2D eigenvalue weighted by atomic mass is 10.1. The van der Waals surface area contributed by atoms with Crippen molar-refractivity contribution in [2.75, 3.05) is 19.5 Å². The molecule has 7 heteroatoms. The molecule has 0 atom stereocenters. The van der Waals surface area contributed by atoms with E-state index in [0.29, 0.717) is 22.3 Å². The molecule has 0 saturated heterocycles. The van der Waals surface area contributed by atoms with Crippen LogP contribution in [0.15, 0.2) is 42.6 Å². The van der Waals surface area contributed by atoms with Crippen LogP contribution in [0.1, 0.15) is 15.4 Å². The number of benzene rings is 1. The largest absolute Gasteiger partial charge is 0.497 e. The fourth-order valence-corrected chi connectivity index (χ4v) is 3.18. The zero-order chi connectivity index (χ0) is 17.8. The smallest absolute Gasteiger partial charge is 0.276 e. The van der Waals surface area contributed by atoms with Gasteiger partial charge in [-0.2, -0.15) is 0 Å². The number of anilines is 1. The summed E-state index contributed by atoms with van der Waals surface area (Å²) in [6.45, 7) is 1.95. The summed E-state index contributed by atoms with van der Waals surface area (Å²) >= 11 is 1.40. The summed E-state index contributed by atoms with van der Waals surface area (Å²) < 4.78 is 10.7. The fourth-order valence-electron chi connectivity index (χ4n) is 2.36. The molecule has 128 valence electrons. The number of nitrogens with zero attached hydrogens (tertiary/aromatic N) is 2. The number of rotatable bonds is 5. The summed E-state index contributed by atoms with van der Waals surface area (Å²) in [4.78, 5) is 21.8. The van der Waals surface area contributed by atoms with E-state index < -0.39 is 0 Å². The van der Waals surface area contributed by atoms with Crippen molar-refractivity contribution in [1.29, 1.82) is 0 Å². The number of thiazole rings is 1. The molecule has 3 rings (SSSR count). The number of hydrogen-bond acceptors (Lipinski definition) is 6. The SMILES string of the molecule is COc1ccc(OC)c(-c2nc(NC(=O)c3ccccn3)sc2C)c1. The molecule has 1 aromatic carbocycles. The van der Waals surface area contributed by atoms with Crippen LogP contribution in [0.25, 0.3) is 11.3 Å². The third-order valence-corrected chi connectivity index (χ3v) is 4.46. The van der Waals surface area contributed by atoms with Crippen LogP contribution in [0, 0.1) is 6.92 Å². The molecular weight excluding hydrogens is 338 g/mol. The van der Waals surface area contributed by atoms with E-state index in [2.05, 4.69) is 15.3 Å². The van der Waals surface area contributed by atoms with Crippen molar-refractivity contribution < 1.29 is 14.3 Å². The Hall–Kier alpha value is -2.93. The van der Waals surface area contributed by atoms with Crippen LogP contribution in [-0.2, 0) is 0 Å². The Bertz CT molecular complexity index is 894. The molecule has 25 heavy (non-hydrogen) atoms. The Labute approximate surface area is 149 Å². The molecule has 0 aliphatic carbocycles. The number of carbonyl (C=O) groups is 1. The number of amides is 1. The first kappa shape index (κ1) is 16.9. The van der Waals surface area contributed by atoms with Gasteiger partial charge in [0.2, 0.25) is 0 Å². The molecule has 3 aromatic rings. The van der Waals surface area contributed by atoms with Gasteiger partial charge in [0, 0.05) is 16.6 Å². The maximum Gasteiger partial charge on any atom is 0.276 e. The first-order valence-corrected chi connectivity index (χ1v) is 8.36. The number of ether oxygens (including phenoxy) is 2. The van der Waals surface area contributed by atoms with E-state index in [1.165, 1.54) is 11.3 Å². The number of aromatic nitrogens is 2. The number of nitrogens with one attached hydrogen (secondary N) is 1. The van der Waals surface area contributed by atoms with Gasteiger partial charge in [0.15, 0.2) is 5.13 Å². The molecule has 0 unspecified atom stereocenters. The highest BCUT2D eigenvalue weighted by Gasteiger charge is 2.17. The molecule has 6 nitrogen and oxygen atoms in total. The lowest BCUT2D eigenvalue weighted by Gasteiger charge is -2.09. The maximum absolute atomic E-state index is 12.2. The summed E-state index contributed by atoms with van der Waals surface area (Å²) in [7, 11) is 3.22. The molecule has 0 aliphatic heterocycles. The van der Waals surface area contributed by atoms with Gasteiger partial charge in [0.1, 0.15) is 17.2 Å². The molecule has 0 aliphatic rings.